The van der Waals surface area contributed by atoms with Gasteiger partial charge in [-0.25, -0.2) is 4.79 Å². The summed E-state index contributed by atoms with van der Waals surface area (Å²) < 4.78 is 5.55. The number of amides is 1. The molecule has 0 aliphatic carbocycles. The minimum Gasteiger partial charge on any atom is -0.456 e. The molecule has 12 heteroatoms. The van der Waals surface area contributed by atoms with Gasteiger partial charge in [-0.05, 0) is 24.6 Å². The Balaban J connectivity index is 1.32. The van der Waals surface area contributed by atoms with E-state index in [4.69, 9.17) is 4.74 Å². The van der Waals surface area contributed by atoms with Crippen molar-refractivity contribution in [2.75, 3.05) is 25.4 Å². The van der Waals surface area contributed by atoms with Crippen molar-refractivity contribution >= 4 is 46.3 Å². The highest BCUT2D eigenvalue weighted by Crippen LogP contribution is 2.52. The van der Waals surface area contributed by atoms with Crippen molar-refractivity contribution in [3.05, 3.63) is 50.5 Å². The molecule has 0 unspecified atom stereocenters. The summed E-state index contributed by atoms with van der Waals surface area (Å²) >= 11 is 3.37. The molecule has 10 nitrogen and oxygen atoms in total. The van der Waals surface area contributed by atoms with E-state index in [9.17, 15) is 24.8 Å². The molecule has 4 atom stereocenters. The zero-order valence-corrected chi connectivity index (χ0v) is 21.0. The Morgan fingerprint density at radius 3 is 2.69 bits per heavy atom. The summed E-state index contributed by atoms with van der Waals surface area (Å²) in [6, 6.07) is 5.54. The van der Waals surface area contributed by atoms with Gasteiger partial charge in [0.05, 0.1) is 29.5 Å². The fraction of sp³-hybridized carbons (Fsp3) is 0.522. The monoisotopic (exact) mass is 518 g/mol. The number of rotatable bonds is 7. The molecule has 4 aliphatic rings. The zero-order valence-electron chi connectivity index (χ0n) is 19.3. The van der Waals surface area contributed by atoms with Gasteiger partial charge in [-0.3, -0.25) is 19.9 Å². The van der Waals surface area contributed by atoms with Gasteiger partial charge in [-0.15, -0.1) is 11.8 Å². The summed E-state index contributed by atoms with van der Waals surface area (Å²) in [5.74, 6) is -0.476. The Morgan fingerprint density at radius 2 is 2.09 bits per heavy atom. The number of aliphatic imine (C=N–C) groups is 1. The molecule has 4 aliphatic heterocycles. The van der Waals surface area contributed by atoms with Crippen LogP contribution in [0.3, 0.4) is 0 Å². The van der Waals surface area contributed by atoms with Crippen molar-refractivity contribution in [2.24, 2.45) is 16.8 Å². The van der Waals surface area contributed by atoms with Crippen LogP contribution in [0, 0.1) is 22.0 Å². The van der Waals surface area contributed by atoms with Gasteiger partial charge in [-0.1, -0.05) is 18.7 Å². The number of nitro groups is 1. The molecule has 4 heterocycles. The van der Waals surface area contributed by atoms with Gasteiger partial charge in [0.15, 0.2) is 5.17 Å². The van der Waals surface area contributed by atoms with Crippen LogP contribution >= 0.6 is 23.5 Å². The van der Waals surface area contributed by atoms with Crippen LogP contribution in [0.25, 0.3) is 0 Å². The first-order valence-corrected chi connectivity index (χ1v) is 13.4. The van der Waals surface area contributed by atoms with Crippen LogP contribution in [-0.4, -0.2) is 79.7 Å². The minimum atomic E-state index is -0.801. The predicted molar refractivity (Wildman–Crippen MR) is 133 cm³/mol. The molecule has 0 aromatic heterocycles. The van der Waals surface area contributed by atoms with Crippen LogP contribution in [-0.2, 0) is 20.9 Å². The van der Waals surface area contributed by atoms with Gasteiger partial charge in [0.25, 0.3) is 5.69 Å². The summed E-state index contributed by atoms with van der Waals surface area (Å²) in [6.07, 6.45) is -0.801. The molecule has 0 radical (unpaired) electrons. The first-order chi connectivity index (χ1) is 16.8. The van der Waals surface area contributed by atoms with E-state index >= 15 is 0 Å². The number of ether oxygens (including phenoxy) is 1. The number of amidine groups is 1. The average Bonchev–Trinajstić information content (AvgIpc) is 3.40. The Kier molecular flexibility index (Phi) is 6.53. The number of nitrogens with zero attached hydrogens (tertiary/aromatic N) is 4. The number of hydrogen-bond acceptors (Lipinski definition) is 10. The number of likely N-dealkylation sites (tertiary alicyclic amines) is 1. The van der Waals surface area contributed by atoms with E-state index in [2.05, 4.69) is 9.89 Å². The summed E-state index contributed by atoms with van der Waals surface area (Å²) in [6.45, 7) is 6.04. The summed E-state index contributed by atoms with van der Waals surface area (Å²) in [5, 5.41) is 22.4. The second kappa shape index (κ2) is 9.47. The predicted octanol–water partition coefficient (Wildman–Crippen LogP) is 2.23. The molecule has 2 saturated heterocycles. The number of carbonyl (C=O) groups excluding carboxylic acids is 2. The van der Waals surface area contributed by atoms with E-state index in [-0.39, 0.29) is 41.1 Å². The quantitative estimate of drug-likeness (QED) is 0.250. The number of fused-ring (bicyclic) bond motifs is 1. The van der Waals surface area contributed by atoms with Gasteiger partial charge in [0.2, 0.25) is 5.91 Å². The van der Waals surface area contributed by atoms with Crippen molar-refractivity contribution < 1.29 is 24.4 Å². The zero-order chi connectivity index (χ0) is 24.9. The topological polar surface area (TPSA) is 126 Å². The smallest absolute Gasteiger partial charge is 0.356 e. The largest absolute Gasteiger partial charge is 0.456 e. The van der Waals surface area contributed by atoms with E-state index < -0.39 is 22.9 Å². The van der Waals surface area contributed by atoms with Crippen molar-refractivity contribution in [3.8, 4) is 0 Å². The lowest BCUT2D eigenvalue weighted by Crippen LogP contribution is -2.63. The van der Waals surface area contributed by atoms with Crippen molar-refractivity contribution in [1.29, 1.82) is 0 Å². The third-order valence-electron chi connectivity index (χ3n) is 6.80. The molecule has 186 valence electrons. The molecule has 2 fully saturated rings. The molecule has 1 aromatic rings. The van der Waals surface area contributed by atoms with Crippen molar-refractivity contribution in [3.63, 3.8) is 0 Å². The van der Waals surface area contributed by atoms with E-state index in [1.54, 1.807) is 42.6 Å². The van der Waals surface area contributed by atoms with Crippen LogP contribution in [0.2, 0.25) is 0 Å². The Hall–Kier alpha value is -2.57. The second-order valence-corrected chi connectivity index (χ2v) is 11.5. The Labute approximate surface area is 210 Å². The maximum atomic E-state index is 13.2. The highest BCUT2D eigenvalue weighted by atomic mass is 32.2. The third-order valence-corrected chi connectivity index (χ3v) is 9.28. The molecule has 35 heavy (non-hydrogen) atoms. The number of esters is 1. The highest BCUT2D eigenvalue weighted by Gasteiger charge is 2.60. The van der Waals surface area contributed by atoms with Gasteiger partial charge >= 0.3 is 5.97 Å². The van der Waals surface area contributed by atoms with Gasteiger partial charge in [0.1, 0.15) is 12.3 Å². The molecular formula is C23H26N4O6S2. The van der Waals surface area contributed by atoms with Crippen molar-refractivity contribution in [2.45, 2.75) is 37.9 Å². The second-order valence-electron chi connectivity index (χ2n) is 9.12. The SMILES string of the molecule is C[C@@H](O)[C@H]1C(=O)N2C(C(=O)OCc3ccc([N+](=O)[O-])cc3)=C(SC3CN(C4=NCCS4)C3)[C@H](C)[C@H]12. The Morgan fingerprint density at radius 1 is 1.37 bits per heavy atom. The van der Waals surface area contributed by atoms with Crippen LogP contribution in [0.4, 0.5) is 5.69 Å². The molecule has 5 rings (SSSR count). The molecule has 1 N–H and O–H groups in total. The van der Waals surface area contributed by atoms with E-state index in [0.29, 0.717) is 5.56 Å². The number of thioether (sulfide) groups is 2. The standard InChI is InChI=1S/C23H26N4O6S2/c1-12-18-17(13(2)28)21(29)26(18)19(20(12)35-16-9-25(10-16)23-24-7-8-34-23)22(30)33-11-14-3-5-15(6-4-14)27(31)32/h3-6,12-13,16-18,28H,7-11H2,1-2H3/t12-,13-,17-,18-/m1/s1. The fourth-order valence-corrected chi connectivity index (χ4v) is 7.36. The minimum absolute atomic E-state index is 0.0409. The normalized spacial score (nSPS) is 26.8. The number of carbonyl (C=O) groups is 2. The molecule has 1 aromatic carbocycles. The average molecular weight is 519 g/mol. The number of nitro benzene ring substituents is 1. The lowest BCUT2D eigenvalue weighted by Gasteiger charge is -2.46. The molecule has 1 amide bonds. The first-order valence-electron chi connectivity index (χ1n) is 11.5. The summed E-state index contributed by atoms with van der Waals surface area (Å²) in [5.41, 5.74) is 0.839. The summed E-state index contributed by atoms with van der Waals surface area (Å²) in [4.78, 5) is 45.6. The lowest BCUT2D eigenvalue weighted by molar-refractivity contribution is -0.384. The number of benzene rings is 1. The van der Waals surface area contributed by atoms with E-state index in [0.717, 1.165) is 35.5 Å². The maximum Gasteiger partial charge on any atom is 0.356 e. The molecule has 0 saturated carbocycles. The van der Waals surface area contributed by atoms with Crippen LogP contribution < -0.4 is 0 Å². The van der Waals surface area contributed by atoms with Gasteiger partial charge in [0, 0.05) is 47.0 Å². The number of β-lactam (4-membered cyclic amide) rings is 1. The summed E-state index contributed by atoms with van der Waals surface area (Å²) in [7, 11) is 0. The first kappa shape index (κ1) is 24.1. The number of non-ortho nitro benzene ring substituents is 1. The van der Waals surface area contributed by atoms with Gasteiger partial charge < -0.3 is 19.6 Å². The van der Waals surface area contributed by atoms with Crippen LogP contribution in [0.1, 0.15) is 19.4 Å². The maximum absolute atomic E-state index is 13.2. The van der Waals surface area contributed by atoms with Crippen molar-refractivity contribution in [1.82, 2.24) is 9.80 Å². The Bertz CT molecular complexity index is 1120. The fourth-order valence-electron chi connectivity index (χ4n) is 4.96. The van der Waals surface area contributed by atoms with Crippen LogP contribution in [0.15, 0.2) is 39.9 Å². The van der Waals surface area contributed by atoms with E-state index in [1.165, 1.54) is 17.0 Å². The highest BCUT2D eigenvalue weighted by molar-refractivity contribution is 8.14. The van der Waals surface area contributed by atoms with E-state index in [1.807, 2.05) is 6.92 Å². The molecule has 0 spiro atoms. The molecular weight excluding hydrogens is 492 g/mol. The van der Waals surface area contributed by atoms with Crippen LogP contribution in [0.5, 0.6) is 0 Å². The number of aliphatic hydroxyl groups is 1. The number of hydrogen-bond donors (Lipinski definition) is 1. The number of aliphatic hydroxyl groups excluding tert-OH is 1. The van der Waals surface area contributed by atoms with Gasteiger partial charge in [-0.2, -0.15) is 0 Å². The molecule has 0 bridgehead atoms. The lowest BCUT2D eigenvalue weighted by atomic mass is 9.79. The third kappa shape index (κ3) is 4.31.